The molecule has 5 nitrogen and oxygen atoms in total. The quantitative estimate of drug-likeness (QED) is 0.696. The van der Waals surface area contributed by atoms with Crippen LogP contribution in [0.5, 0.6) is 11.5 Å². The summed E-state index contributed by atoms with van der Waals surface area (Å²) < 4.78 is 10.4. The molecule has 0 radical (unpaired) electrons. The molecule has 1 amide bonds. The molecule has 0 fully saturated rings. The number of benzene rings is 2. The average Bonchev–Trinajstić information content (AvgIpc) is 3.03. The van der Waals surface area contributed by atoms with Crippen LogP contribution in [-0.4, -0.2) is 18.9 Å². The van der Waals surface area contributed by atoms with E-state index in [-0.39, 0.29) is 12.7 Å². The molecular formula is C17H14N2O3. The van der Waals surface area contributed by atoms with E-state index in [1.165, 1.54) is 6.21 Å². The number of hydrazone groups is 1. The summed E-state index contributed by atoms with van der Waals surface area (Å²) in [4.78, 5) is 11.9. The highest BCUT2D eigenvalue weighted by Crippen LogP contribution is 2.32. The maximum Gasteiger partial charge on any atom is 0.271 e. The van der Waals surface area contributed by atoms with Gasteiger partial charge in [0.15, 0.2) is 11.5 Å². The fourth-order valence-electron chi connectivity index (χ4n) is 1.96. The molecule has 5 heteroatoms. The van der Waals surface area contributed by atoms with Crippen LogP contribution in [0.3, 0.4) is 0 Å². The van der Waals surface area contributed by atoms with E-state index in [2.05, 4.69) is 10.5 Å². The molecule has 2 aromatic carbocycles. The molecule has 22 heavy (non-hydrogen) atoms. The number of allylic oxidation sites excluding steroid dienone is 1. The molecule has 1 heterocycles. The topological polar surface area (TPSA) is 59.9 Å². The van der Waals surface area contributed by atoms with Crippen molar-refractivity contribution in [2.75, 3.05) is 6.79 Å². The molecule has 0 saturated heterocycles. The highest BCUT2D eigenvalue weighted by Gasteiger charge is 2.15. The third kappa shape index (κ3) is 3.32. The first-order valence-electron chi connectivity index (χ1n) is 6.78. The number of nitrogens with zero attached hydrogens (tertiary/aromatic N) is 1. The number of fused-ring (bicyclic) bond motifs is 1. The first-order chi connectivity index (χ1) is 10.8. The lowest BCUT2D eigenvalue weighted by molar-refractivity contribution is 0.0954. The van der Waals surface area contributed by atoms with E-state index in [0.29, 0.717) is 17.1 Å². The normalized spacial score (nSPS) is 12.9. The zero-order chi connectivity index (χ0) is 15.2. The third-order valence-electron chi connectivity index (χ3n) is 3.05. The predicted octanol–water partition coefficient (Wildman–Crippen LogP) is 2.84. The van der Waals surface area contributed by atoms with Crippen molar-refractivity contribution in [1.82, 2.24) is 5.43 Å². The Labute approximate surface area is 127 Å². The van der Waals surface area contributed by atoms with Crippen molar-refractivity contribution >= 4 is 18.2 Å². The molecule has 1 aliphatic heterocycles. The van der Waals surface area contributed by atoms with Gasteiger partial charge in [-0.05, 0) is 29.8 Å². The summed E-state index contributed by atoms with van der Waals surface area (Å²) in [6.45, 7) is 0.183. The molecule has 1 aliphatic rings. The summed E-state index contributed by atoms with van der Waals surface area (Å²) in [5.41, 5.74) is 3.99. The molecule has 0 aliphatic carbocycles. The Morgan fingerprint density at radius 3 is 2.77 bits per heavy atom. The maximum absolute atomic E-state index is 11.9. The summed E-state index contributed by atoms with van der Waals surface area (Å²) in [6.07, 6.45) is 5.18. The van der Waals surface area contributed by atoms with Gasteiger partial charge in [-0.15, -0.1) is 0 Å². The number of nitrogens with one attached hydrogen (secondary N) is 1. The van der Waals surface area contributed by atoms with Gasteiger partial charge < -0.3 is 9.47 Å². The Morgan fingerprint density at radius 1 is 1.09 bits per heavy atom. The summed E-state index contributed by atoms with van der Waals surface area (Å²) in [5, 5.41) is 3.87. The minimum atomic E-state index is -0.303. The lowest BCUT2D eigenvalue weighted by Crippen LogP contribution is -2.17. The van der Waals surface area contributed by atoms with Crippen LogP contribution in [0.4, 0.5) is 0 Å². The Bertz CT molecular complexity index is 724. The van der Waals surface area contributed by atoms with Crippen molar-refractivity contribution < 1.29 is 14.3 Å². The molecule has 3 rings (SSSR count). The van der Waals surface area contributed by atoms with Gasteiger partial charge in [-0.1, -0.05) is 36.4 Å². The Balaban J connectivity index is 1.56. The van der Waals surface area contributed by atoms with Crippen LogP contribution in [0.2, 0.25) is 0 Å². The Kier molecular flexibility index (Phi) is 4.15. The van der Waals surface area contributed by atoms with Crippen LogP contribution in [0.1, 0.15) is 15.9 Å². The Hall–Kier alpha value is -3.08. The van der Waals surface area contributed by atoms with Crippen LogP contribution in [0.25, 0.3) is 6.08 Å². The molecule has 0 bridgehead atoms. The monoisotopic (exact) mass is 294 g/mol. The second kappa shape index (κ2) is 6.58. The molecule has 0 aromatic heterocycles. The van der Waals surface area contributed by atoms with E-state index in [9.17, 15) is 4.79 Å². The zero-order valence-electron chi connectivity index (χ0n) is 11.7. The van der Waals surface area contributed by atoms with Gasteiger partial charge in [0.2, 0.25) is 6.79 Å². The number of ether oxygens (including phenoxy) is 2. The highest BCUT2D eigenvalue weighted by molar-refractivity contribution is 5.95. The van der Waals surface area contributed by atoms with Crippen LogP contribution < -0.4 is 14.9 Å². The number of carbonyl (C=O) groups excluding carboxylic acids is 1. The van der Waals surface area contributed by atoms with E-state index in [0.717, 1.165) is 5.56 Å². The van der Waals surface area contributed by atoms with Gasteiger partial charge in [0.1, 0.15) is 0 Å². The first kappa shape index (κ1) is 13.9. The molecule has 1 N–H and O–H groups in total. The van der Waals surface area contributed by atoms with Crippen LogP contribution in [0.15, 0.2) is 59.7 Å². The highest BCUT2D eigenvalue weighted by atomic mass is 16.7. The van der Waals surface area contributed by atoms with Crippen molar-refractivity contribution in [2.24, 2.45) is 5.10 Å². The number of hydrogen-bond acceptors (Lipinski definition) is 4. The van der Waals surface area contributed by atoms with Crippen molar-refractivity contribution in [1.29, 1.82) is 0 Å². The largest absolute Gasteiger partial charge is 0.454 e. The van der Waals surface area contributed by atoms with Gasteiger partial charge in [-0.3, -0.25) is 4.79 Å². The van der Waals surface area contributed by atoms with Crippen molar-refractivity contribution in [3.8, 4) is 11.5 Å². The van der Waals surface area contributed by atoms with Crippen molar-refractivity contribution in [3.05, 3.63) is 65.7 Å². The molecule has 0 atom stereocenters. The fourth-order valence-corrected chi connectivity index (χ4v) is 1.96. The van der Waals surface area contributed by atoms with Crippen molar-refractivity contribution in [3.63, 3.8) is 0 Å². The lowest BCUT2D eigenvalue weighted by atomic mass is 10.2. The van der Waals surface area contributed by atoms with Crippen molar-refractivity contribution in [2.45, 2.75) is 0 Å². The second-order valence-electron chi connectivity index (χ2n) is 4.56. The van der Waals surface area contributed by atoms with E-state index in [1.807, 2.05) is 36.4 Å². The predicted molar refractivity (Wildman–Crippen MR) is 84.0 cm³/mol. The van der Waals surface area contributed by atoms with E-state index < -0.39 is 0 Å². The Morgan fingerprint density at radius 2 is 1.91 bits per heavy atom. The van der Waals surface area contributed by atoms with Crippen LogP contribution >= 0.6 is 0 Å². The molecule has 2 aromatic rings. The van der Waals surface area contributed by atoms with Gasteiger partial charge in [0.05, 0.1) is 0 Å². The minimum Gasteiger partial charge on any atom is -0.454 e. The average molecular weight is 294 g/mol. The summed E-state index contributed by atoms with van der Waals surface area (Å²) >= 11 is 0. The summed E-state index contributed by atoms with van der Waals surface area (Å²) in [5.74, 6) is 0.911. The van der Waals surface area contributed by atoms with Gasteiger partial charge >= 0.3 is 0 Å². The van der Waals surface area contributed by atoms with Gasteiger partial charge in [-0.2, -0.15) is 5.10 Å². The minimum absolute atomic E-state index is 0.183. The van der Waals surface area contributed by atoms with E-state index in [4.69, 9.17) is 9.47 Å². The first-order valence-corrected chi connectivity index (χ1v) is 6.78. The fraction of sp³-hybridized carbons (Fsp3) is 0.0588. The SMILES string of the molecule is O=C(N/N=C/C=C/c1ccccc1)c1ccc2c(c1)OCO2. The molecular weight excluding hydrogens is 280 g/mol. The number of hydrogen-bond donors (Lipinski definition) is 1. The molecule has 0 saturated carbocycles. The molecule has 0 unspecified atom stereocenters. The number of carbonyl (C=O) groups is 1. The summed E-state index contributed by atoms with van der Waals surface area (Å²) in [7, 11) is 0. The number of amides is 1. The summed E-state index contributed by atoms with van der Waals surface area (Å²) in [6, 6.07) is 14.8. The van der Waals surface area contributed by atoms with Gasteiger partial charge in [0.25, 0.3) is 5.91 Å². The maximum atomic E-state index is 11.9. The standard InChI is InChI=1S/C17H14N2O3/c20-17(14-8-9-15-16(11-14)22-12-21-15)19-18-10-4-7-13-5-2-1-3-6-13/h1-11H,12H2,(H,19,20)/b7-4+,18-10+. The van der Waals surface area contributed by atoms with E-state index in [1.54, 1.807) is 24.3 Å². The third-order valence-corrected chi connectivity index (χ3v) is 3.05. The molecule has 0 spiro atoms. The van der Waals surface area contributed by atoms with Crippen LogP contribution in [-0.2, 0) is 0 Å². The smallest absolute Gasteiger partial charge is 0.271 e. The number of rotatable bonds is 4. The molecule has 110 valence electrons. The second-order valence-corrected chi connectivity index (χ2v) is 4.56. The van der Waals surface area contributed by atoms with Crippen LogP contribution in [0, 0.1) is 0 Å². The van der Waals surface area contributed by atoms with Gasteiger partial charge in [-0.25, -0.2) is 5.43 Å². The zero-order valence-corrected chi connectivity index (χ0v) is 11.7. The van der Waals surface area contributed by atoms with Gasteiger partial charge in [0, 0.05) is 11.8 Å². The van der Waals surface area contributed by atoms with E-state index >= 15 is 0 Å². The lowest BCUT2D eigenvalue weighted by Gasteiger charge is -2.01.